The molecule has 1 atom stereocenters. The standard InChI is InChI=1S/C18H21N5O3/c1-21(15-4-6-16(7-5-15)23(25)26)18(24)13-22-10-9-20-12-17(22)14-3-2-8-19-11-14/h2-8,11,17,20H,9-10,12-13H2,1H3. The predicted octanol–water partition coefficient (Wildman–Crippen LogP) is 1.60. The smallest absolute Gasteiger partial charge is 0.269 e. The number of amides is 1. The average Bonchev–Trinajstić information content (AvgIpc) is 2.68. The van der Waals surface area contributed by atoms with Gasteiger partial charge in [-0.2, -0.15) is 0 Å². The van der Waals surface area contributed by atoms with Crippen molar-refractivity contribution in [2.24, 2.45) is 0 Å². The zero-order valence-electron chi connectivity index (χ0n) is 14.5. The third-order valence-corrected chi connectivity index (χ3v) is 4.58. The quantitative estimate of drug-likeness (QED) is 0.647. The van der Waals surface area contributed by atoms with Crippen molar-refractivity contribution < 1.29 is 9.72 Å². The lowest BCUT2D eigenvalue weighted by Gasteiger charge is -2.36. The van der Waals surface area contributed by atoms with Crippen LogP contribution in [0.25, 0.3) is 0 Å². The van der Waals surface area contributed by atoms with E-state index in [9.17, 15) is 14.9 Å². The van der Waals surface area contributed by atoms with Gasteiger partial charge in [-0.15, -0.1) is 0 Å². The van der Waals surface area contributed by atoms with Crippen LogP contribution in [-0.4, -0.2) is 53.9 Å². The molecular weight excluding hydrogens is 334 g/mol. The van der Waals surface area contributed by atoms with Crippen molar-refractivity contribution in [2.75, 3.05) is 38.1 Å². The van der Waals surface area contributed by atoms with Gasteiger partial charge in [0.2, 0.25) is 5.91 Å². The number of nitrogens with zero attached hydrogens (tertiary/aromatic N) is 4. The Morgan fingerprint density at radius 1 is 1.38 bits per heavy atom. The average molecular weight is 355 g/mol. The summed E-state index contributed by atoms with van der Waals surface area (Å²) >= 11 is 0. The van der Waals surface area contributed by atoms with Gasteiger partial charge in [0.05, 0.1) is 11.5 Å². The van der Waals surface area contributed by atoms with Gasteiger partial charge in [0.15, 0.2) is 0 Å². The zero-order valence-corrected chi connectivity index (χ0v) is 14.5. The van der Waals surface area contributed by atoms with Crippen molar-refractivity contribution in [1.29, 1.82) is 0 Å². The predicted molar refractivity (Wildman–Crippen MR) is 97.9 cm³/mol. The number of nitrogens with one attached hydrogen (secondary N) is 1. The molecule has 1 amide bonds. The Morgan fingerprint density at radius 2 is 2.15 bits per heavy atom. The van der Waals surface area contributed by atoms with E-state index in [4.69, 9.17) is 0 Å². The van der Waals surface area contributed by atoms with Crippen molar-refractivity contribution >= 4 is 17.3 Å². The fraction of sp³-hybridized carbons (Fsp3) is 0.333. The number of likely N-dealkylation sites (N-methyl/N-ethyl adjacent to an activating group) is 1. The minimum Gasteiger partial charge on any atom is -0.314 e. The maximum Gasteiger partial charge on any atom is 0.269 e. The van der Waals surface area contributed by atoms with E-state index in [-0.39, 0.29) is 24.2 Å². The van der Waals surface area contributed by atoms with E-state index in [1.165, 1.54) is 17.0 Å². The van der Waals surface area contributed by atoms with Crippen molar-refractivity contribution in [2.45, 2.75) is 6.04 Å². The van der Waals surface area contributed by atoms with Crippen LogP contribution in [0.3, 0.4) is 0 Å². The van der Waals surface area contributed by atoms with Crippen LogP contribution in [0.15, 0.2) is 48.8 Å². The first-order chi connectivity index (χ1) is 12.6. The van der Waals surface area contributed by atoms with Crippen LogP contribution in [0.2, 0.25) is 0 Å². The Morgan fingerprint density at radius 3 is 2.81 bits per heavy atom. The number of anilines is 1. The van der Waals surface area contributed by atoms with Crippen LogP contribution in [0, 0.1) is 10.1 Å². The Bertz CT molecular complexity index is 766. The lowest BCUT2D eigenvalue weighted by Crippen LogP contribution is -2.49. The van der Waals surface area contributed by atoms with Gasteiger partial charge in [0.25, 0.3) is 5.69 Å². The van der Waals surface area contributed by atoms with Crippen LogP contribution >= 0.6 is 0 Å². The molecule has 0 bridgehead atoms. The van der Waals surface area contributed by atoms with Crippen LogP contribution in [0.5, 0.6) is 0 Å². The van der Waals surface area contributed by atoms with Crippen LogP contribution in [0.1, 0.15) is 11.6 Å². The number of nitro benzene ring substituents is 1. The van der Waals surface area contributed by atoms with Gasteiger partial charge in [0.1, 0.15) is 0 Å². The van der Waals surface area contributed by atoms with Crippen molar-refractivity contribution in [1.82, 2.24) is 15.2 Å². The fourth-order valence-electron chi connectivity index (χ4n) is 3.06. The summed E-state index contributed by atoms with van der Waals surface area (Å²) in [4.78, 5) is 30.9. The molecule has 1 aliphatic heterocycles. The summed E-state index contributed by atoms with van der Waals surface area (Å²) in [5, 5.41) is 14.1. The normalized spacial score (nSPS) is 17.7. The third kappa shape index (κ3) is 4.04. The number of rotatable bonds is 5. The van der Waals surface area contributed by atoms with E-state index in [0.29, 0.717) is 5.69 Å². The molecule has 2 heterocycles. The van der Waals surface area contributed by atoms with Crippen molar-refractivity contribution in [3.63, 3.8) is 0 Å². The van der Waals surface area contributed by atoms with Gasteiger partial charge in [0, 0.05) is 62.9 Å². The van der Waals surface area contributed by atoms with Gasteiger partial charge in [-0.1, -0.05) is 6.07 Å². The molecule has 136 valence electrons. The highest BCUT2D eigenvalue weighted by Gasteiger charge is 2.27. The summed E-state index contributed by atoms with van der Waals surface area (Å²) in [7, 11) is 1.69. The first-order valence-corrected chi connectivity index (χ1v) is 8.42. The number of piperazine rings is 1. The van der Waals surface area contributed by atoms with Crippen molar-refractivity contribution in [3.05, 3.63) is 64.5 Å². The zero-order chi connectivity index (χ0) is 18.5. The number of aromatic nitrogens is 1. The number of non-ortho nitro benzene ring substituents is 1. The summed E-state index contributed by atoms with van der Waals surface area (Å²) in [6, 6.07) is 9.99. The molecule has 3 rings (SSSR count). The summed E-state index contributed by atoms with van der Waals surface area (Å²) < 4.78 is 0. The highest BCUT2D eigenvalue weighted by molar-refractivity contribution is 5.94. The number of carbonyl (C=O) groups is 1. The third-order valence-electron chi connectivity index (χ3n) is 4.58. The summed E-state index contributed by atoms with van der Waals surface area (Å²) in [5.74, 6) is -0.0605. The number of nitro groups is 1. The molecule has 0 radical (unpaired) electrons. The maximum atomic E-state index is 12.7. The van der Waals surface area contributed by atoms with Crippen LogP contribution in [0.4, 0.5) is 11.4 Å². The van der Waals surface area contributed by atoms with E-state index in [1.807, 2.05) is 18.3 Å². The van der Waals surface area contributed by atoms with E-state index in [0.717, 1.165) is 25.2 Å². The number of hydrogen-bond acceptors (Lipinski definition) is 6. The number of pyridine rings is 1. The minimum absolute atomic E-state index is 0.00773. The summed E-state index contributed by atoms with van der Waals surface area (Å²) in [6.45, 7) is 2.62. The highest BCUT2D eigenvalue weighted by atomic mass is 16.6. The SMILES string of the molecule is CN(C(=O)CN1CCNCC1c1cccnc1)c1ccc([N+](=O)[O-])cc1. The van der Waals surface area contributed by atoms with Gasteiger partial charge < -0.3 is 10.2 Å². The second-order valence-electron chi connectivity index (χ2n) is 6.20. The van der Waals surface area contributed by atoms with E-state index < -0.39 is 4.92 Å². The monoisotopic (exact) mass is 355 g/mol. The van der Waals surface area contributed by atoms with E-state index in [2.05, 4.69) is 15.2 Å². The fourth-order valence-corrected chi connectivity index (χ4v) is 3.06. The van der Waals surface area contributed by atoms with Crippen LogP contribution < -0.4 is 10.2 Å². The minimum atomic E-state index is -0.454. The molecule has 0 spiro atoms. The van der Waals surface area contributed by atoms with E-state index >= 15 is 0 Å². The molecule has 1 unspecified atom stereocenters. The van der Waals surface area contributed by atoms with Gasteiger partial charge in [-0.25, -0.2) is 0 Å². The Labute approximate surface area is 151 Å². The van der Waals surface area contributed by atoms with Gasteiger partial charge in [-0.3, -0.25) is 24.8 Å². The second kappa shape index (κ2) is 8.03. The Hall–Kier alpha value is -2.84. The molecule has 2 aromatic rings. The molecule has 1 fully saturated rings. The summed E-state index contributed by atoms with van der Waals surface area (Å²) in [5.41, 5.74) is 1.72. The molecule has 26 heavy (non-hydrogen) atoms. The lowest BCUT2D eigenvalue weighted by atomic mass is 10.1. The first-order valence-electron chi connectivity index (χ1n) is 8.42. The molecule has 1 saturated heterocycles. The lowest BCUT2D eigenvalue weighted by molar-refractivity contribution is -0.384. The largest absolute Gasteiger partial charge is 0.314 e. The molecular formula is C18H21N5O3. The highest BCUT2D eigenvalue weighted by Crippen LogP contribution is 2.23. The van der Waals surface area contributed by atoms with Crippen LogP contribution in [-0.2, 0) is 4.79 Å². The van der Waals surface area contributed by atoms with E-state index in [1.54, 1.807) is 25.4 Å². The van der Waals surface area contributed by atoms with Gasteiger partial charge in [-0.05, 0) is 23.8 Å². The molecule has 1 N–H and O–H groups in total. The molecule has 0 aliphatic carbocycles. The second-order valence-corrected chi connectivity index (χ2v) is 6.20. The summed E-state index contributed by atoms with van der Waals surface area (Å²) in [6.07, 6.45) is 3.56. The topological polar surface area (TPSA) is 91.6 Å². The molecule has 1 aromatic heterocycles. The molecule has 1 aromatic carbocycles. The first kappa shape index (κ1) is 18.0. The van der Waals surface area contributed by atoms with Crippen molar-refractivity contribution in [3.8, 4) is 0 Å². The number of benzene rings is 1. The Kier molecular flexibility index (Phi) is 5.55. The van der Waals surface area contributed by atoms with Gasteiger partial charge >= 0.3 is 0 Å². The molecule has 1 aliphatic rings. The maximum absolute atomic E-state index is 12.7. The number of carbonyl (C=O) groups excluding carboxylic acids is 1. The molecule has 8 heteroatoms. The number of hydrogen-bond donors (Lipinski definition) is 1. The Balaban J connectivity index is 1.69. The molecule has 8 nitrogen and oxygen atoms in total. The molecule has 0 saturated carbocycles.